The first-order valence-corrected chi connectivity index (χ1v) is 8.76. The maximum absolute atomic E-state index is 12.3. The number of nitrogens with two attached hydrogens (primary N) is 1. The van der Waals surface area contributed by atoms with E-state index in [0.717, 1.165) is 30.6 Å². The lowest BCUT2D eigenvalue weighted by Gasteiger charge is -2.31. The van der Waals surface area contributed by atoms with Crippen LogP contribution < -0.4 is 16.6 Å². The second kappa shape index (κ2) is 7.76. The molecule has 1 saturated heterocycles. The topological polar surface area (TPSA) is 92.7 Å². The molecule has 3 rings (SSSR count). The van der Waals surface area contributed by atoms with Gasteiger partial charge in [0.1, 0.15) is 5.65 Å². The summed E-state index contributed by atoms with van der Waals surface area (Å²) < 4.78 is 1.57. The fourth-order valence-corrected chi connectivity index (χ4v) is 3.32. The Labute approximate surface area is 146 Å². The van der Waals surface area contributed by atoms with Crippen molar-refractivity contribution in [2.75, 3.05) is 26.2 Å². The fourth-order valence-electron chi connectivity index (χ4n) is 3.32. The van der Waals surface area contributed by atoms with E-state index in [4.69, 9.17) is 5.73 Å². The number of carbonyl (C=O) groups excluding carboxylic acids is 1. The smallest absolute Gasteiger partial charge is 0.258 e. The molecule has 0 aliphatic carbocycles. The van der Waals surface area contributed by atoms with Crippen molar-refractivity contribution in [3.63, 3.8) is 0 Å². The van der Waals surface area contributed by atoms with Gasteiger partial charge in [0.15, 0.2) is 0 Å². The molecule has 0 bridgehead atoms. The largest absolute Gasteiger partial charge is 0.355 e. The molecule has 0 saturated carbocycles. The van der Waals surface area contributed by atoms with Gasteiger partial charge in [0, 0.05) is 38.4 Å². The first-order valence-electron chi connectivity index (χ1n) is 8.76. The van der Waals surface area contributed by atoms with Gasteiger partial charge in [-0.15, -0.1) is 0 Å². The maximum Gasteiger partial charge on any atom is 0.258 e. The zero-order valence-electron chi connectivity index (χ0n) is 14.6. The Morgan fingerprint density at radius 1 is 1.44 bits per heavy atom. The SMILES string of the molecule is Cc1ccc2nc(CN3CCCC(C(=O)NCCN)C3)cc(=O)n2c1. The van der Waals surface area contributed by atoms with Crippen molar-refractivity contribution in [1.29, 1.82) is 0 Å². The van der Waals surface area contributed by atoms with Crippen LogP contribution in [0.3, 0.4) is 0 Å². The Morgan fingerprint density at radius 2 is 2.28 bits per heavy atom. The average Bonchev–Trinajstić information content (AvgIpc) is 2.60. The number of pyridine rings is 1. The third kappa shape index (κ3) is 4.24. The van der Waals surface area contributed by atoms with Crippen molar-refractivity contribution >= 4 is 11.6 Å². The molecule has 1 fully saturated rings. The summed E-state index contributed by atoms with van der Waals surface area (Å²) in [6, 6.07) is 5.40. The summed E-state index contributed by atoms with van der Waals surface area (Å²) in [7, 11) is 0. The van der Waals surface area contributed by atoms with E-state index in [-0.39, 0.29) is 17.4 Å². The minimum atomic E-state index is -0.0713. The lowest BCUT2D eigenvalue weighted by Crippen LogP contribution is -2.43. The summed E-state index contributed by atoms with van der Waals surface area (Å²) >= 11 is 0. The Bertz CT molecular complexity index is 817. The minimum Gasteiger partial charge on any atom is -0.355 e. The summed E-state index contributed by atoms with van der Waals surface area (Å²) in [4.78, 5) is 31.3. The molecule has 25 heavy (non-hydrogen) atoms. The predicted octanol–water partition coefficient (Wildman–Crippen LogP) is 0.290. The number of nitrogens with one attached hydrogen (secondary N) is 1. The Balaban J connectivity index is 1.71. The zero-order valence-corrected chi connectivity index (χ0v) is 14.6. The number of nitrogens with zero attached hydrogens (tertiary/aromatic N) is 3. The van der Waals surface area contributed by atoms with Crippen molar-refractivity contribution in [3.8, 4) is 0 Å². The molecule has 1 aliphatic rings. The van der Waals surface area contributed by atoms with Gasteiger partial charge in [-0.25, -0.2) is 4.98 Å². The highest BCUT2D eigenvalue weighted by molar-refractivity contribution is 5.78. The van der Waals surface area contributed by atoms with E-state index >= 15 is 0 Å². The van der Waals surface area contributed by atoms with Crippen LogP contribution in [0.25, 0.3) is 5.65 Å². The lowest BCUT2D eigenvalue weighted by molar-refractivity contribution is -0.126. The van der Waals surface area contributed by atoms with Crippen LogP contribution in [0.5, 0.6) is 0 Å². The van der Waals surface area contributed by atoms with Gasteiger partial charge >= 0.3 is 0 Å². The van der Waals surface area contributed by atoms with E-state index in [9.17, 15) is 9.59 Å². The monoisotopic (exact) mass is 343 g/mol. The van der Waals surface area contributed by atoms with Crippen LogP contribution in [0.4, 0.5) is 0 Å². The summed E-state index contributed by atoms with van der Waals surface area (Å²) in [6.07, 6.45) is 3.65. The molecule has 0 spiro atoms. The van der Waals surface area contributed by atoms with Gasteiger partial charge in [0.25, 0.3) is 5.56 Å². The molecule has 1 aliphatic heterocycles. The van der Waals surface area contributed by atoms with Crippen LogP contribution in [0.15, 0.2) is 29.2 Å². The van der Waals surface area contributed by atoms with E-state index in [1.165, 1.54) is 0 Å². The van der Waals surface area contributed by atoms with Crippen LogP contribution in [0.2, 0.25) is 0 Å². The average molecular weight is 343 g/mol. The molecule has 0 radical (unpaired) electrons. The van der Waals surface area contributed by atoms with Crippen LogP contribution in [0, 0.1) is 12.8 Å². The van der Waals surface area contributed by atoms with Crippen molar-refractivity contribution in [2.45, 2.75) is 26.3 Å². The van der Waals surface area contributed by atoms with E-state index in [1.807, 2.05) is 19.1 Å². The van der Waals surface area contributed by atoms with Crippen LogP contribution >= 0.6 is 0 Å². The standard InChI is InChI=1S/C18H25N5O2/c1-13-4-5-16-21-15(9-17(24)23(16)10-13)12-22-8-2-3-14(11-22)18(25)20-7-6-19/h4-5,9-10,14H,2-3,6-8,11-12,19H2,1H3,(H,20,25). The van der Waals surface area contributed by atoms with Gasteiger partial charge in [-0.1, -0.05) is 6.07 Å². The first-order chi connectivity index (χ1) is 12.1. The number of likely N-dealkylation sites (tertiary alicyclic amines) is 1. The van der Waals surface area contributed by atoms with Gasteiger partial charge in [0.2, 0.25) is 5.91 Å². The fraction of sp³-hybridized carbons (Fsp3) is 0.500. The highest BCUT2D eigenvalue weighted by Gasteiger charge is 2.25. The minimum absolute atomic E-state index is 0.0236. The number of carbonyl (C=O) groups is 1. The van der Waals surface area contributed by atoms with E-state index in [1.54, 1.807) is 16.7 Å². The third-order valence-electron chi connectivity index (χ3n) is 4.57. The number of hydrogen-bond donors (Lipinski definition) is 2. The van der Waals surface area contributed by atoms with Gasteiger partial charge in [-0.3, -0.25) is 18.9 Å². The second-order valence-corrected chi connectivity index (χ2v) is 6.67. The summed E-state index contributed by atoms with van der Waals surface area (Å²) in [6.45, 7) is 5.09. The zero-order chi connectivity index (χ0) is 17.8. The summed E-state index contributed by atoms with van der Waals surface area (Å²) in [5.41, 5.74) is 7.79. The maximum atomic E-state index is 12.3. The molecule has 3 N–H and O–H groups in total. The number of hydrogen-bond acceptors (Lipinski definition) is 5. The van der Waals surface area contributed by atoms with Gasteiger partial charge in [-0.2, -0.15) is 0 Å². The van der Waals surface area contributed by atoms with Crippen molar-refractivity contribution in [3.05, 3.63) is 46.0 Å². The Morgan fingerprint density at radius 3 is 3.08 bits per heavy atom. The van der Waals surface area contributed by atoms with Crippen molar-refractivity contribution < 1.29 is 4.79 Å². The molecule has 3 heterocycles. The lowest BCUT2D eigenvalue weighted by atomic mass is 9.97. The van der Waals surface area contributed by atoms with Gasteiger partial charge in [0.05, 0.1) is 11.6 Å². The highest BCUT2D eigenvalue weighted by Crippen LogP contribution is 2.18. The molecule has 134 valence electrons. The number of amides is 1. The predicted molar refractivity (Wildman–Crippen MR) is 96.3 cm³/mol. The molecular formula is C18H25N5O2. The molecular weight excluding hydrogens is 318 g/mol. The number of aromatic nitrogens is 2. The molecule has 7 nitrogen and oxygen atoms in total. The van der Waals surface area contributed by atoms with Crippen molar-refractivity contribution in [1.82, 2.24) is 19.6 Å². The number of aryl methyl sites for hydroxylation is 1. The number of fused-ring (bicyclic) bond motifs is 1. The molecule has 1 unspecified atom stereocenters. The third-order valence-corrected chi connectivity index (χ3v) is 4.57. The summed E-state index contributed by atoms with van der Waals surface area (Å²) in [5, 5.41) is 2.87. The normalized spacial score (nSPS) is 18.4. The van der Waals surface area contributed by atoms with Crippen LogP contribution in [-0.4, -0.2) is 46.4 Å². The Kier molecular flexibility index (Phi) is 5.45. The number of piperidine rings is 1. The number of rotatable bonds is 5. The van der Waals surface area contributed by atoms with Crippen LogP contribution in [0.1, 0.15) is 24.1 Å². The highest BCUT2D eigenvalue weighted by atomic mass is 16.2. The molecule has 0 aromatic carbocycles. The summed E-state index contributed by atoms with van der Waals surface area (Å²) in [5.74, 6) is 0.0432. The molecule has 2 aromatic heterocycles. The van der Waals surface area contributed by atoms with Gasteiger partial charge < -0.3 is 11.1 Å². The molecule has 2 aromatic rings. The van der Waals surface area contributed by atoms with Crippen molar-refractivity contribution in [2.24, 2.45) is 11.7 Å². The van der Waals surface area contributed by atoms with Crippen LogP contribution in [-0.2, 0) is 11.3 Å². The molecule has 1 atom stereocenters. The first kappa shape index (κ1) is 17.6. The molecule has 7 heteroatoms. The quantitative estimate of drug-likeness (QED) is 0.814. The molecule has 1 amide bonds. The van der Waals surface area contributed by atoms with E-state index < -0.39 is 0 Å². The van der Waals surface area contributed by atoms with E-state index in [2.05, 4.69) is 15.2 Å². The Hall–Kier alpha value is -2.25. The van der Waals surface area contributed by atoms with Gasteiger partial charge in [-0.05, 0) is 37.9 Å². The van der Waals surface area contributed by atoms with E-state index in [0.29, 0.717) is 31.8 Å². The second-order valence-electron chi connectivity index (χ2n) is 6.67.